The van der Waals surface area contributed by atoms with E-state index >= 15 is 0 Å². The maximum Gasteiger partial charge on any atom is 0.315 e. The van der Waals surface area contributed by atoms with E-state index in [0.717, 1.165) is 5.56 Å². The van der Waals surface area contributed by atoms with Gasteiger partial charge in [-0.25, -0.2) is 0 Å². The number of carbonyl (C=O) groups excluding carboxylic acids is 2. The lowest BCUT2D eigenvalue weighted by Crippen LogP contribution is -2.11. The highest BCUT2D eigenvalue weighted by atomic mass is 35.5. The van der Waals surface area contributed by atoms with Gasteiger partial charge in [0.2, 0.25) is 5.78 Å². The largest absolute Gasteiger partial charge is 0.493 e. The highest BCUT2D eigenvalue weighted by Gasteiger charge is 2.30. The van der Waals surface area contributed by atoms with Crippen molar-refractivity contribution in [3.63, 3.8) is 0 Å². The summed E-state index contributed by atoms with van der Waals surface area (Å²) in [6.07, 6.45) is 1.70. The second kappa shape index (κ2) is 9.38. The Morgan fingerprint density at radius 1 is 1.06 bits per heavy atom. The van der Waals surface area contributed by atoms with Gasteiger partial charge in [0.1, 0.15) is 11.5 Å². The smallest absolute Gasteiger partial charge is 0.315 e. The van der Waals surface area contributed by atoms with Crippen molar-refractivity contribution in [2.24, 2.45) is 0 Å². The Kier molecular flexibility index (Phi) is 6.38. The number of methoxy groups -OCH3 is 2. The highest BCUT2D eigenvalue weighted by Crippen LogP contribution is 2.39. The number of hydrogen-bond acceptors (Lipinski definition) is 6. The Morgan fingerprint density at radius 2 is 1.82 bits per heavy atom. The van der Waals surface area contributed by atoms with Crippen molar-refractivity contribution in [2.45, 2.75) is 13.3 Å². The van der Waals surface area contributed by atoms with Crippen LogP contribution in [-0.4, -0.2) is 26.0 Å². The SMILES string of the molecule is COc1cccc(/C=C2\Oc3cc(OC(=O)Cc4ccc(Cl)cc4)cc(C)c3C2=O)c1OC. The fourth-order valence-corrected chi connectivity index (χ4v) is 3.77. The number of benzene rings is 3. The van der Waals surface area contributed by atoms with E-state index in [1.54, 1.807) is 74.7 Å². The minimum Gasteiger partial charge on any atom is -0.493 e. The van der Waals surface area contributed by atoms with Gasteiger partial charge in [0.15, 0.2) is 17.3 Å². The van der Waals surface area contributed by atoms with Crippen molar-refractivity contribution in [1.82, 2.24) is 0 Å². The lowest BCUT2D eigenvalue weighted by Gasteiger charge is -2.10. The molecule has 0 bridgehead atoms. The van der Waals surface area contributed by atoms with E-state index in [9.17, 15) is 9.59 Å². The van der Waals surface area contributed by atoms with Crippen LogP contribution in [0.25, 0.3) is 6.08 Å². The van der Waals surface area contributed by atoms with Crippen molar-refractivity contribution < 1.29 is 28.5 Å². The zero-order valence-electron chi connectivity index (χ0n) is 18.3. The molecule has 0 spiro atoms. The molecule has 1 aliphatic heterocycles. The van der Waals surface area contributed by atoms with E-state index < -0.39 is 5.97 Å². The Balaban J connectivity index is 1.57. The highest BCUT2D eigenvalue weighted by molar-refractivity contribution is 6.30. The number of ether oxygens (including phenoxy) is 4. The summed E-state index contributed by atoms with van der Waals surface area (Å²) in [4.78, 5) is 25.4. The Hall–Kier alpha value is -3.77. The second-order valence-electron chi connectivity index (χ2n) is 7.41. The first kappa shape index (κ1) is 22.4. The van der Waals surface area contributed by atoms with Crippen LogP contribution in [0.5, 0.6) is 23.0 Å². The number of hydrogen-bond donors (Lipinski definition) is 0. The molecule has 1 heterocycles. The molecular weight excluding hydrogens is 444 g/mol. The zero-order chi connectivity index (χ0) is 23.5. The van der Waals surface area contributed by atoms with Crippen LogP contribution < -0.4 is 18.9 Å². The van der Waals surface area contributed by atoms with Gasteiger partial charge in [-0.3, -0.25) is 9.59 Å². The molecular formula is C26H21ClO6. The number of aryl methyl sites for hydroxylation is 1. The zero-order valence-corrected chi connectivity index (χ0v) is 19.1. The molecule has 0 fully saturated rings. The predicted octanol–water partition coefficient (Wildman–Crippen LogP) is 5.43. The number of rotatable bonds is 6. The molecule has 6 nitrogen and oxygen atoms in total. The number of halogens is 1. The molecule has 1 aliphatic rings. The molecule has 4 rings (SSSR count). The first-order valence-corrected chi connectivity index (χ1v) is 10.5. The average molecular weight is 465 g/mol. The van der Waals surface area contributed by atoms with Gasteiger partial charge >= 0.3 is 5.97 Å². The summed E-state index contributed by atoms with van der Waals surface area (Å²) in [6, 6.07) is 15.5. The summed E-state index contributed by atoms with van der Waals surface area (Å²) in [7, 11) is 3.07. The molecule has 0 amide bonds. The summed E-state index contributed by atoms with van der Waals surface area (Å²) < 4.78 is 22.1. The summed E-state index contributed by atoms with van der Waals surface area (Å²) in [5, 5.41) is 0.596. The van der Waals surface area contributed by atoms with Gasteiger partial charge in [-0.2, -0.15) is 0 Å². The number of esters is 1. The lowest BCUT2D eigenvalue weighted by molar-refractivity contribution is -0.133. The van der Waals surface area contributed by atoms with Crippen LogP contribution >= 0.6 is 11.6 Å². The van der Waals surface area contributed by atoms with Gasteiger partial charge in [-0.15, -0.1) is 0 Å². The third-order valence-corrected chi connectivity index (χ3v) is 5.41. The number of fused-ring (bicyclic) bond motifs is 1. The van der Waals surface area contributed by atoms with E-state index in [0.29, 0.717) is 44.7 Å². The molecule has 0 saturated heterocycles. The van der Waals surface area contributed by atoms with E-state index in [2.05, 4.69) is 0 Å². The monoisotopic (exact) mass is 464 g/mol. The molecule has 0 unspecified atom stereocenters. The molecule has 168 valence electrons. The summed E-state index contributed by atoms with van der Waals surface area (Å²) >= 11 is 5.88. The van der Waals surface area contributed by atoms with Crippen molar-refractivity contribution >= 4 is 29.4 Å². The number of ketones is 1. The third-order valence-electron chi connectivity index (χ3n) is 5.16. The summed E-state index contributed by atoms with van der Waals surface area (Å²) in [6.45, 7) is 1.77. The van der Waals surface area contributed by atoms with Gasteiger partial charge in [0.25, 0.3) is 0 Å². The first-order valence-electron chi connectivity index (χ1n) is 10.1. The topological polar surface area (TPSA) is 71.1 Å². The maximum atomic E-state index is 13.0. The molecule has 0 aliphatic carbocycles. The molecule has 0 aromatic heterocycles. The third kappa shape index (κ3) is 4.71. The number of allylic oxidation sites excluding steroid dienone is 1. The van der Waals surface area contributed by atoms with Crippen LogP contribution in [0.4, 0.5) is 0 Å². The fourth-order valence-electron chi connectivity index (χ4n) is 3.64. The Bertz CT molecular complexity index is 1260. The Morgan fingerprint density at radius 3 is 2.52 bits per heavy atom. The van der Waals surface area contributed by atoms with E-state index in [-0.39, 0.29) is 18.0 Å². The minimum absolute atomic E-state index is 0.0911. The van der Waals surface area contributed by atoms with Crippen molar-refractivity contribution in [1.29, 1.82) is 0 Å². The molecule has 0 atom stereocenters. The molecule has 7 heteroatoms. The van der Waals surface area contributed by atoms with Crippen LogP contribution in [0, 0.1) is 6.92 Å². The van der Waals surface area contributed by atoms with Crippen LogP contribution in [0.1, 0.15) is 27.0 Å². The minimum atomic E-state index is -0.433. The molecule has 3 aromatic carbocycles. The standard InChI is InChI=1S/C26H21ClO6/c1-15-11-19(32-23(28)12-16-7-9-18(27)10-8-16)14-21-24(15)25(29)22(33-21)13-17-5-4-6-20(30-2)26(17)31-3/h4-11,13-14H,12H2,1-3H3/b22-13-. The van der Waals surface area contributed by atoms with Gasteiger partial charge < -0.3 is 18.9 Å². The number of para-hydroxylation sites is 1. The normalized spacial score (nSPS) is 13.5. The van der Waals surface area contributed by atoms with Crippen LogP contribution in [-0.2, 0) is 11.2 Å². The van der Waals surface area contributed by atoms with E-state index in [1.165, 1.54) is 7.11 Å². The van der Waals surface area contributed by atoms with Gasteiger partial charge in [0.05, 0.1) is 26.2 Å². The van der Waals surface area contributed by atoms with Crippen molar-refractivity contribution in [3.05, 3.63) is 87.6 Å². The van der Waals surface area contributed by atoms with Crippen molar-refractivity contribution in [3.8, 4) is 23.0 Å². The fraction of sp³-hybridized carbons (Fsp3) is 0.154. The second-order valence-corrected chi connectivity index (χ2v) is 7.85. The van der Waals surface area contributed by atoms with Crippen molar-refractivity contribution in [2.75, 3.05) is 14.2 Å². The predicted molar refractivity (Wildman–Crippen MR) is 124 cm³/mol. The molecule has 0 radical (unpaired) electrons. The molecule has 0 N–H and O–H groups in total. The number of Topliss-reactive ketones (excluding diaryl/α,β-unsaturated/α-hetero) is 1. The van der Waals surface area contributed by atoms with Crippen LogP contribution in [0.3, 0.4) is 0 Å². The van der Waals surface area contributed by atoms with Gasteiger partial charge in [0, 0.05) is 16.7 Å². The molecule has 0 saturated carbocycles. The summed E-state index contributed by atoms with van der Waals surface area (Å²) in [5.74, 6) is 1.13. The van der Waals surface area contributed by atoms with E-state index in [4.69, 9.17) is 30.5 Å². The van der Waals surface area contributed by atoms with Gasteiger partial charge in [-0.1, -0.05) is 35.9 Å². The van der Waals surface area contributed by atoms with Crippen LogP contribution in [0.15, 0.2) is 60.4 Å². The maximum absolute atomic E-state index is 13.0. The lowest BCUT2D eigenvalue weighted by atomic mass is 10.0. The van der Waals surface area contributed by atoms with E-state index in [1.807, 2.05) is 0 Å². The molecule has 3 aromatic rings. The average Bonchev–Trinajstić information content (AvgIpc) is 3.10. The number of carbonyl (C=O) groups is 2. The quantitative estimate of drug-likeness (QED) is 0.275. The van der Waals surface area contributed by atoms with Crippen LogP contribution in [0.2, 0.25) is 5.02 Å². The Labute approximate surface area is 196 Å². The summed E-state index contributed by atoms with van der Waals surface area (Å²) in [5.41, 5.74) is 2.50. The van der Waals surface area contributed by atoms with Gasteiger partial charge in [-0.05, 0) is 48.4 Å². The first-order chi connectivity index (χ1) is 15.9. The molecule has 33 heavy (non-hydrogen) atoms.